The van der Waals surface area contributed by atoms with Crippen LogP contribution in [0.3, 0.4) is 0 Å². The maximum atomic E-state index is 12.6. The topological polar surface area (TPSA) is 82.4 Å². The normalized spacial score (nSPS) is 18.2. The first kappa shape index (κ1) is 20.3. The van der Waals surface area contributed by atoms with Gasteiger partial charge in [0.25, 0.3) is 0 Å². The highest BCUT2D eigenvalue weighted by Crippen LogP contribution is 2.29. The van der Waals surface area contributed by atoms with E-state index in [-0.39, 0.29) is 29.9 Å². The number of hydrogen-bond donors (Lipinski definition) is 0. The van der Waals surface area contributed by atoms with E-state index in [4.69, 9.17) is 4.74 Å². The first-order valence-corrected chi connectivity index (χ1v) is 11.1. The molecule has 28 heavy (non-hydrogen) atoms. The third-order valence-electron chi connectivity index (χ3n) is 5.15. The number of hydrogen-bond acceptors (Lipinski definition) is 5. The van der Waals surface area contributed by atoms with Gasteiger partial charge in [-0.15, -0.1) is 0 Å². The zero-order valence-electron chi connectivity index (χ0n) is 16.6. The molecule has 1 fully saturated rings. The van der Waals surface area contributed by atoms with Gasteiger partial charge in [0.2, 0.25) is 5.78 Å². The molecule has 6 nitrogen and oxygen atoms in total. The molecular formula is C21H25NO5S. The van der Waals surface area contributed by atoms with Gasteiger partial charge >= 0.3 is 5.97 Å². The first-order chi connectivity index (χ1) is 13.1. The lowest BCUT2D eigenvalue weighted by atomic mass is 10.1. The number of rotatable bonds is 5. The number of carbonyl (C=O) groups excluding carboxylic acids is 2. The van der Waals surface area contributed by atoms with Gasteiger partial charge in [-0.2, -0.15) is 0 Å². The Morgan fingerprint density at radius 3 is 2.29 bits per heavy atom. The van der Waals surface area contributed by atoms with Crippen molar-refractivity contribution in [3.63, 3.8) is 0 Å². The van der Waals surface area contributed by atoms with E-state index in [1.807, 2.05) is 31.4 Å². The van der Waals surface area contributed by atoms with Crippen LogP contribution in [0.25, 0.3) is 0 Å². The third kappa shape index (κ3) is 4.19. The van der Waals surface area contributed by atoms with E-state index in [0.717, 1.165) is 16.8 Å². The van der Waals surface area contributed by atoms with Crippen LogP contribution in [0.4, 0.5) is 0 Å². The Bertz CT molecular complexity index is 1030. The van der Waals surface area contributed by atoms with Gasteiger partial charge in [0.15, 0.2) is 16.4 Å². The fraction of sp³-hybridized carbons (Fsp3) is 0.429. The average molecular weight is 404 g/mol. The summed E-state index contributed by atoms with van der Waals surface area (Å²) in [5.74, 6) is -0.557. The molecule has 0 aliphatic carbocycles. The Labute approximate surface area is 165 Å². The number of nitrogens with zero attached hydrogens (tertiary/aromatic N) is 1. The van der Waals surface area contributed by atoms with Gasteiger partial charge in [0, 0.05) is 23.0 Å². The maximum Gasteiger partial charge on any atom is 0.338 e. The van der Waals surface area contributed by atoms with Gasteiger partial charge < -0.3 is 9.30 Å². The maximum absolute atomic E-state index is 12.6. The van der Waals surface area contributed by atoms with Gasteiger partial charge in [-0.05, 0) is 52.3 Å². The van der Waals surface area contributed by atoms with Crippen molar-refractivity contribution in [1.29, 1.82) is 0 Å². The second-order valence-electron chi connectivity index (χ2n) is 7.59. The second-order valence-corrected chi connectivity index (χ2v) is 9.82. The van der Waals surface area contributed by atoms with E-state index >= 15 is 0 Å². The minimum absolute atomic E-state index is 0.0959. The van der Waals surface area contributed by atoms with Crippen LogP contribution in [0.5, 0.6) is 0 Å². The Morgan fingerprint density at radius 2 is 1.71 bits per heavy atom. The molecule has 0 N–H and O–H groups in total. The minimum Gasteiger partial charge on any atom is -0.454 e. The van der Waals surface area contributed by atoms with Crippen molar-refractivity contribution in [1.82, 2.24) is 4.57 Å². The van der Waals surface area contributed by atoms with Gasteiger partial charge in [-0.3, -0.25) is 4.79 Å². The molecule has 0 spiro atoms. The summed E-state index contributed by atoms with van der Waals surface area (Å²) in [5, 5.41) is 0. The number of esters is 1. The van der Waals surface area contributed by atoms with Crippen molar-refractivity contribution in [2.45, 2.75) is 40.2 Å². The molecule has 3 rings (SSSR count). The average Bonchev–Trinajstić information content (AvgIpc) is 3.09. The third-order valence-corrected chi connectivity index (χ3v) is 6.90. The van der Waals surface area contributed by atoms with Crippen LogP contribution in [0.2, 0.25) is 0 Å². The van der Waals surface area contributed by atoms with Gasteiger partial charge in [-0.1, -0.05) is 17.2 Å². The van der Waals surface area contributed by atoms with E-state index in [9.17, 15) is 18.0 Å². The molecule has 0 radical (unpaired) electrons. The molecule has 1 atom stereocenters. The summed E-state index contributed by atoms with van der Waals surface area (Å²) >= 11 is 0. The monoisotopic (exact) mass is 403 g/mol. The van der Waals surface area contributed by atoms with Crippen LogP contribution in [-0.4, -0.2) is 42.9 Å². The van der Waals surface area contributed by atoms with Crippen molar-refractivity contribution in [2.75, 3.05) is 18.1 Å². The minimum atomic E-state index is -3.02. The number of benzene rings is 1. The molecule has 2 heterocycles. The molecule has 1 aromatic carbocycles. The molecule has 1 aromatic heterocycles. The molecule has 0 amide bonds. The lowest BCUT2D eigenvalue weighted by molar-refractivity contribution is 0.0474. The second kappa shape index (κ2) is 7.54. The molecule has 2 aromatic rings. The van der Waals surface area contributed by atoms with Crippen molar-refractivity contribution in [3.05, 3.63) is 57.9 Å². The van der Waals surface area contributed by atoms with Crippen LogP contribution >= 0.6 is 0 Å². The van der Waals surface area contributed by atoms with Crippen molar-refractivity contribution < 1.29 is 22.7 Å². The highest BCUT2D eigenvalue weighted by molar-refractivity contribution is 7.91. The highest BCUT2D eigenvalue weighted by Gasteiger charge is 2.31. The van der Waals surface area contributed by atoms with E-state index in [1.54, 1.807) is 25.1 Å². The molecular weight excluding hydrogens is 378 g/mol. The SMILES string of the molecule is Cc1cc(C)cc(C(=O)OCC(=O)c2cc(C)n([C@@H]3CCS(=O)(=O)C3)c2C)c1. The zero-order chi connectivity index (χ0) is 20.6. The zero-order valence-corrected chi connectivity index (χ0v) is 17.4. The number of aryl methyl sites for hydroxylation is 3. The number of Topliss-reactive ketones (excluding diaryl/α,β-unsaturated/α-hetero) is 1. The molecule has 7 heteroatoms. The first-order valence-electron chi connectivity index (χ1n) is 9.25. The Morgan fingerprint density at radius 1 is 1.07 bits per heavy atom. The van der Waals surface area contributed by atoms with Crippen LogP contribution < -0.4 is 0 Å². The fourth-order valence-corrected chi connectivity index (χ4v) is 5.68. The summed E-state index contributed by atoms with van der Waals surface area (Å²) < 4.78 is 30.7. The molecule has 0 saturated carbocycles. The highest BCUT2D eigenvalue weighted by atomic mass is 32.2. The fourth-order valence-electron chi connectivity index (χ4n) is 3.99. The number of sulfone groups is 1. The summed E-state index contributed by atoms with van der Waals surface area (Å²) in [4.78, 5) is 24.9. The van der Waals surface area contributed by atoms with E-state index < -0.39 is 15.8 Å². The van der Waals surface area contributed by atoms with Gasteiger partial charge in [0.1, 0.15) is 0 Å². The smallest absolute Gasteiger partial charge is 0.338 e. The summed E-state index contributed by atoms with van der Waals surface area (Å²) in [7, 11) is -3.02. The predicted molar refractivity (Wildman–Crippen MR) is 107 cm³/mol. The van der Waals surface area contributed by atoms with Crippen LogP contribution in [-0.2, 0) is 14.6 Å². The summed E-state index contributed by atoms with van der Waals surface area (Å²) in [5.41, 5.74) is 4.35. The predicted octanol–water partition coefficient (Wildman–Crippen LogP) is 3.12. The summed E-state index contributed by atoms with van der Waals surface area (Å²) in [6.45, 7) is 7.10. The molecule has 1 aliphatic rings. The quantitative estimate of drug-likeness (QED) is 0.566. The number of ketones is 1. The Hall–Kier alpha value is -2.41. The summed E-state index contributed by atoms with van der Waals surface area (Å²) in [6, 6.07) is 7.01. The van der Waals surface area contributed by atoms with Crippen molar-refractivity contribution in [3.8, 4) is 0 Å². The van der Waals surface area contributed by atoms with Crippen LogP contribution in [0.1, 0.15) is 55.7 Å². The Kier molecular flexibility index (Phi) is 5.48. The van der Waals surface area contributed by atoms with Crippen LogP contribution in [0.15, 0.2) is 24.3 Å². The number of carbonyl (C=O) groups is 2. The molecule has 1 aliphatic heterocycles. The van der Waals surface area contributed by atoms with E-state index in [1.165, 1.54) is 0 Å². The number of ether oxygens (including phenoxy) is 1. The Balaban J connectivity index is 1.73. The largest absolute Gasteiger partial charge is 0.454 e. The van der Waals surface area contributed by atoms with Crippen molar-refractivity contribution in [2.24, 2.45) is 0 Å². The molecule has 0 bridgehead atoms. The van der Waals surface area contributed by atoms with Crippen LogP contribution in [0, 0.1) is 27.7 Å². The van der Waals surface area contributed by atoms with Crippen molar-refractivity contribution >= 4 is 21.6 Å². The standard InChI is InChI=1S/C21H25NO5S/c1-13-7-14(2)9-17(8-13)21(24)27-11-20(23)19-10-15(3)22(16(19)4)18-5-6-28(25,26)12-18/h7-10,18H,5-6,11-12H2,1-4H3/t18-/m1/s1. The molecule has 1 saturated heterocycles. The van der Waals surface area contributed by atoms with E-state index in [0.29, 0.717) is 23.2 Å². The molecule has 150 valence electrons. The summed E-state index contributed by atoms with van der Waals surface area (Å²) in [6.07, 6.45) is 0.550. The lowest BCUT2D eigenvalue weighted by Gasteiger charge is -2.16. The van der Waals surface area contributed by atoms with Gasteiger partial charge in [-0.25, -0.2) is 13.2 Å². The van der Waals surface area contributed by atoms with Gasteiger partial charge in [0.05, 0.1) is 17.1 Å². The van der Waals surface area contributed by atoms with E-state index in [2.05, 4.69) is 0 Å². The molecule has 0 unspecified atom stereocenters. The number of aromatic nitrogens is 1. The lowest BCUT2D eigenvalue weighted by Crippen LogP contribution is -2.17.